The Hall–Kier alpha value is -0.300. The van der Waals surface area contributed by atoms with Crippen molar-refractivity contribution in [3.8, 4) is 0 Å². The lowest BCUT2D eigenvalue weighted by molar-refractivity contribution is 0.734. The monoisotopic (exact) mass is 196 g/mol. The molecule has 0 aliphatic heterocycles. The van der Waals surface area contributed by atoms with Gasteiger partial charge in [0, 0.05) is 11.8 Å². The number of rotatable bonds is 0. The van der Waals surface area contributed by atoms with Gasteiger partial charge >= 0.3 is 0 Å². The van der Waals surface area contributed by atoms with Gasteiger partial charge in [-0.15, -0.1) is 0 Å². The fourth-order valence-corrected chi connectivity index (χ4v) is 2.54. The van der Waals surface area contributed by atoms with Crippen LogP contribution < -0.4 is 0 Å². The van der Waals surface area contributed by atoms with E-state index in [1.807, 2.05) is 0 Å². The SMILES string of the molecule is C=C1C(=C)C2CC1C=C2Br. The minimum atomic E-state index is 0.567. The number of allylic oxidation sites excluding steroid dienone is 4. The van der Waals surface area contributed by atoms with Gasteiger partial charge in [-0.1, -0.05) is 35.2 Å². The van der Waals surface area contributed by atoms with E-state index in [2.05, 4.69) is 35.2 Å². The van der Waals surface area contributed by atoms with Crippen molar-refractivity contribution in [1.29, 1.82) is 0 Å². The first-order valence-electron chi connectivity index (χ1n) is 3.45. The van der Waals surface area contributed by atoms with E-state index in [1.54, 1.807) is 0 Å². The van der Waals surface area contributed by atoms with Crippen molar-refractivity contribution in [3.63, 3.8) is 0 Å². The summed E-state index contributed by atoms with van der Waals surface area (Å²) in [4.78, 5) is 0. The summed E-state index contributed by atoms with van der Waals surface area (Å²) in [6.45, 7) is 7.99. The molecule has 0 aromatic carbocycles. The third-order valence-corrected chi connectivity index (χ3v) is 3.28. The van der Waals surface area contributed by atoms with Crippen LogP contribution in [-0.2, 0) is 0 Å². The Labute approximate surface area is 69.4 Å². The average Bonchev–Trinajstić information content (AvgIpc) is 2.36. The molecule has 0 heterocycles. The Bertz CT molecular complexity index is 247. The van der Waals surface area contributed by atoms with Gasteiger partial charge in [0.15, 0.2) is 0 Å². The molecule has 10 heavy (non-hydrogen) atoms. The van der Waals surface area contributed by atoms with Crippen molar-refractivity contribution < 1.29 is 0 Å². The van der Waals surface area contributed by atoms with Crippen molar-refractivity contribution in [2.24, 2.45) is 11.8 Å². The van der Waals surface area contributed by atoms with Crippen LogP contribution in [0.15, 0.2) is 34.9 Å². The lowest BCUT2D eigenvalue weighted by Crippen LogP contribution is -1.96. The fraction of sp³-hybridized carbons (Fsp3) is 0.333. The molecule has 2 rings (SSSR count). The molecule has 2 bridgehead atoms. The van der Waals surface area contributed by atoms with Crippen LogP contribution in [-0.4, -0.2) is 0 Å². The summed E-state index contributed by atoms with van der Waals surface area (Å²) < 4.78 is 1.31. The van der Waals surface area contributed by atoms with Crippen LogP contribution in [0.5, 0.6) is 0 Å². The highest BCUT2D eigenvalue weighted by Crippen LogP contribution is 2.51. The molecule has 2 unspecified atom stereocenters. The summed E-state index contributed by atoms with van der Waals surface area (Å²) >= 11 is 3.52. The van der Waals surface area contributed by atoms with Crippen LogP contribution >= 0.6 is 15.9 Å². The van der Waals surface area contributed by atoms with Gasteiger partial charge in [0.05, 0.1) is 0 Å². The molecule has 0 aromatic heterocycles. The largest absolute Gasteiger partial charge is 0.0950 e. The molecule has 0 aromatic rings. The van der Waals surface area contributed by atoms with Crippen LogP contribution in [0.25, 0.3) is 0 Å². The van der Waals surface area contributed by atoms with Crippen molar-refractivity contribution >= 4 is 15.9 Å². The summed E-state index contributed by atoms with van der Waals surface area (Å²) in [5.41, 5.74) is 2.48. The van der Waals surface area contributed by atoms with Gasteiger partial charge in [-0.3, -0.25) is 0 Å². The molecule has 2 aliphatic rings. The molecule has 0 amide bonds. The van der Waals surface area contributed by atoms with Crippen LogP contribution in [0.3, 0.4) is 0 Å². The van der Waals surface area contributed by atoms with E-state index in [1.165, 1.54) is 22.0 Å². The predicted octanol–water partition coefficient (Wildman–Crippen LogP) is 3.03. The molecule has 0 radical (unpaired) electrons. The van der Waals surface area contributed by atoms with Gasteiger partial charge < -0.3 is 0 Å². The number of fused-ring (bicyclic) bond motifs is 2. The lowest BCUT2D eigenvalue weighted by Gasteiger charge is -2.11. The van der Waals surface area contributed by atoms with Crippen molar-refractivity contribution in [2.75, 3.05) is 0 Å². The summed E-state index contributed by atoms with van der Waals surface area (Å²) in [5.74, 6) is 1.16. The second-order valence-electron chi connectivity index (χ2n) is 3.00. The molecule has 0 saturated heterocycles. The highest BCUT2D eigenvalue weighted by molar-refractivity contribution is 9.11. The second kappa shape index (κ2) is 1.85. The highest BCUT2D eigenvalue weighted by Gasteiger charge is 2.37. The summed E-state index contributed by atoms with van der Waals surface area (Å²) in [7, 11) is 0. The maximum absolute atomic E-state index is 4.00. The Kier molecular flexibility index (Phi) is 1.19. The maximum Gasteiger partial charge on any atom is 0.0158 e. The number of hydrogen-bond donors (Lipinski definition) is 0. The third-order valence-electron chi connectivity index (χ3n) is 2.46. The molecule has 2 aliphatic carbocycles. The molecule has 0 nitrogen and oxygen atoms in total. The molecule has 0 N–H and O–H groups in total. The minimum Gasteiger partial charge on any atom is -0.0950 e. The van der Waals surface area contributed by atoms with Gasteiger partial charge in [-0.25, -0.2) is 0 Å². The lowest BCUT2D eigenvalue weighted by atomic mass is 9.98. The first-order valence-corrected chi connectivity index (χ1v) is 4.24. The standard InChI is InChI=1S/C9H9Br/c1-5-6(2)8-3-7(5)4-9(8)10/h4,7-8H,1-3H2. The van der Waals surface area contributed by atoms with Gasteiger partial charge in [-0.2, -0.15) is 0 Å². The van der Waals surface area contributed by atoms with Gasteiger partial charge in [0.25, 0.3) is 0 Å². The zero-order valence-electron chi connectivity index (χ0n) is 5.73. The van der Waals surface area contributed by atoms with Crippen molar-refractivity contribution in [3.05, 3.63) is 34.9 Å². The normalized spacial score (nSPS) is 37.1. The topological polar surface area (TPSA) is 0 Å². The van der Waals surface area contributed by atoms with Crippen LogP contribution in [0.2, 0.25) is 0 Å². The second-order valence-corrected chi connectivity index (χ2v) is 3.91. The quantitative estimate of drug-likeness (QED) is 0.559. The first kappa shape index (κ1) is 6.41. The number of halogens is 1. The van der Waals surface area contributed by atoms with Gasteiger partial charge in [0.1, 0.15) is 0 Å². The third kappa shape index (κ3) is 0.615. The van der Waals surface area contributed by atoms with E-state index in [-0.39, 0.29) is 0 Å². The minimum absolute atomic E-state index is 0.567. The molecule has 1 fully saturated rings. The van der Waals surface area contributed by atoms with Crippen molar-refractivity contribution in [2.45, 2.75) is 6.42 Å². The molecule has 52 valence electrons. The fourth-order valence-electron chi connectivity index (χ4n) is 1.76. The van der Waals surface area contributed by atoms with Crippen LogP contribution in [0, 0.1) is 11.8 Å². The Morgan fingerprint density at radius 1 is 1.40 bits per heavy atom. The zero-order chi connectivity index (χ0) is 7.30. The van der Waals surface area contributed by atoms with Crippen LogP contribution in [0.4, 0.5) is 0 Å². The zero-order valence-corrected chi connectivity index (χ0v) is 7.32. The van der Waals surface area contributed by atoms with E-state index in [0.29, 0.717) is 11.8 Å². The van der Waals surface area contributed by atoms with E-state index >= 15 is 0 Å². The van der Waals surface area contributed by atoms with Crippen LogP contribution in [0.1, 0.15) is 6.42 Å². The average molecular weight is 197 g/mol. The Morgan fingerprint density at radius 2 is 2.10 bits per heavy atom. The molecule has 1 heteroatoms. The Balaban J connectivity index is 2.47. The van der Waals surface area contributed by atoms with E-state index in [4.69, 9.17) is 0 Å². The van der Waals surface area contributed by atoms with Gasteiger partial charge in [-0.05, 0) is 22.0 Å². The summed E-state index contributed by atoms with van der Waals surface area (Å²) in [6.07, 6.45) is 3.46. The van der Waals surface area contributed by atoms with Gasteiger partial charge in [0.2, 0.25) is 0 Å². The predicted molar refractivity (Wildman–Crippen MR) is 46.9 cm³/mol. The molecular weight excluding hydrogens is 188 g/mol. The van der Waals surface area contributed by atoms with E-state index in [9.17, 15) is 0 Å². The van der Waals surface area contributed by atoms with E-state index in [0.717, 1.165) is 0 Å². The van der Waals surface area contributed by atoms with E-state index < -0.39 is 0 Å². The molecule has 2 atom stereocenters. The molecule has 1 saturated carbocycles. The maximum atomic E-state index is 4.00. The highest BCUT2D eigenvalue weighted by atomic mass is 79.9. The molecule has 0 spiro atoms. The smallest absolute Gasteiger partial charge is 0.0158 e. The number of hydrogen-bond acceptors (Lipinski definition) is 0. The Morgan fingerprint density at radius 3 is 2.50 bits per heavy atom. The summed E-state index contributed by atoms with van der Waals surface area (Å²) in [6, 6.07) is 0. The van der Waals surface area contributed by atoms with Crippen molar-refractivity contribution in [1.82, 2.24) is 0 Å². The first-order chi connectivity index (χ1) is 4.70. The summed E-state index contributed by atoms with van der Waals surface area (Å²) in [5, 5.41) is 0. The molecular formula is C9H9Br.